The largest absolute Gasteiger partial charge is 0.483 e. The number of anilines is 1. The van der Waals surface area contributed by atoms with E-state index in [0.717, 1.165) is 21.5 Å². The molecule has 1 amide bonds. The van der Waals surface area contributed by atoms with Gasteiger partial charge >= 0.3 is 6.09 Å². The number of hydrogen-bond donors (Lipinski definition) is 1. The summed E-state index contributed by atoms with van der Waals surface area (Å²) in [5.41, 5.74) is 5.78. The van der Waals surface area contributed by atoms with Crippen LogP contribution in [0.4, 0.5) is 14.9 Å². The lowest BCUT2D eigenvalue weighted by Gasteiger charge is -2.12. The van der Waals surface area contributed by atoms with Crippen LogP contribution in [0.1, 0.15) is 16.8 Å². The summed E-state index contributed by atoms with van der Waals surface area (Å²) < 4.78 is 32.3. The summed E-state index contributed by atoms with van der Waals surface area (Å²) in [6.07, 6.45) is 2.42. The Hall–Kier alpha value is -4.38. The van der Waals surface area contributed by atoms with Gasteiger partial charge in [0.25, 0.3) is 0 Å². The van der Waals surface area contributed by atoms with Crippen molar-refractivity contribution in [2.75, 3.05) is 19.0 Å². The van der Waals surface area contributed by atoms with E-state index in [1.807, 2.05) is 26.0 Å². The molecule has 0 fully saturated rings. The van der Waals surface area contributed by atoms with E-state index in [1.54, 1.807) is 31.6 Å². The molecule has 1 atom stereocenters. The number of aryl methyl sites for hydroxylation is 2. The monoisotopic (exact) mass is 531 g/mol. The maximum atomic E-state index is 15.0. The summed E-state index contributed by atoms with van der Waals surface area (Å²) in [5, 5.41) is 3.36. The van der Waals surface area contributed by atoms with Crippen LogP contribution in [0, 0.1) is 19.7 Å². The number of benzene rings is 2. The average Bonchev–Trinajstić information content (AvgIpc) is 3.51. The summed E-state index contributed by atoms with van der Waals surface area (Å²) in [6.45, 7) is 3.77. The number of carbonyl (C=O) groups is 1. The Bertz CT molecular complexity index is 1720. The first-order chi connectivity index (χ1) is 18.4. The fourth-order valence-electron chi connectivity index (χ4n) is 4.49. The molecule has 0 aliphatic carbocycles. The second-order valence-corrected chi connectivity index (χ2v) is 9.98. The van der Waals surface area contributed by atoms with Gasteiger partial charge in [0, 0.05) is 41.2 Å². The molecule has 0 radical (unpaired) electrons. The smallest absolute Gasteiger partial charge is 0.411 e. The number of hydrogen-bond acceptors (Lipinski definition) is 9. The fraction of sp³-hybridized carbons (Fsp3) is 0.222. The van der Waals surface area contributed by atoms with Crippen LogP contribution in [-0.4, -0.2) is 45.8 Å². The van der Waals surface area contributed by atoms with Crippen molar-refractivity contribution in [1.29, 1.82) is 0 Å². The number of nitrogens with one attached hydrogen (secondary N) is 1. The molecule has 11 heteroatoms. The normalized spacial score (nSPS) is 14.4. The minimum atomic E-state index is -0.620. The van der Waals surface area contributed by atoms with Crippen LogP contribution in [0.25, 0.3) is 31.8 Å². The van der Waals surface area contributed by atoms with Gasteiger partial charge in [-0.25, -0.2) is 24.1 Å². The van der Waals surface area contributed by atoms with E-state index in [0.29, 0.717) is 45.1 Å². The molecule has 0 saturated carbocycles. The van der Waals surface area contributed by atoms with Gasteiger partial charge in [-0.05, 0) is 43.7 Å². The molecule has 1 aliphatic rings. The molecular formula is C27H22FN5O4S. The molecule has 1 N–H and O–H groups in total. The number of methoxy groups -OCH3 is 1. The Morgan fingerprint density at radius 2 is 2.05 bits per heavy atom. The van der Waals surface area contributed by atoms with E-state index >= 15 is 4.39 Å². The molecule has 38 heavy (non-hydrogen) atoms. The summed E-state index contributed by atoms with van der Waals surface area (Å²) in [5.74, 6) is 0.0977. The number of aromatic nitrogens is 4. The summed E-state index contributed by atoms with van der Waals surface area (Å²) >= 11 is 1.44. The predicted molar refractivity (Wildman–Crippen MR) is 141 cm³/mol. The number of carbonyl (C=O) groups excluding carboxylic acids is 1. The molecule has 6 rings (SSSR count). The van der Waals surface area contributed by atoms with Crippen molar-refractivity contribution in [3.63, 3.8) is 0 Å². The van der Waals surface area contributed by atoms with Crippen LogP contribution >= 0.6 is 11.3 Å². The zero-order valence-corrected chi connectivity index (χ0v) is 21.6. The van der Waals surface area contributed by atoms with Crippen LogP contribution in [0.5, 0.6) is 11.6 Å². The minimum absolute atomic E-state index is 0.0306. The maximum absolute atomic E-state index is 15.0. The Morgan fingerprint density at radius 3 is 2.87 bits per heavy atom. The number of halogens is 1. The number of thiazole rings is 1. The third-order valence-corrected chi connectivity index (χ3v) is 7.31. The van der Waals surface area contributed by atoms with Gasteiger partial charge in [-0.2, -0.15) is 0 Å². The summed E-state index contributed by atoms with van der Waals surface area (Å²) in [4.78, 5) is 30.1. The quantitative estimate of drug-likeness (QED) is 0.311. The highest BCUT2D eigenvalue weighted by Gasteiger charge is 2.31. The Balaban J connectivity index is 1.26. The fourth-order valence-corrected chi connectivity index (χ4v) is 5.60. The number of rotatable bonds is 5. The van der Waals surface area contributed by atoms with Crippen LogP contribution in [0.3, 0.4) is 0 Å². The number of nitrogens with zero attached hydrogens (tertiary/aromatic N) is 4. The SMILES string of the molecule is COc1cnc2c(-c3nc4cc(F)c5c(c4s3)CC(COC(=O)Nc3ccnc(C)c3)O5)cc(C)cc2n1. The predicted octanol–water partition coefficient (Wildman–Crippen LogP) is 5.62. The van der Waals surface area contributed by atoms with Crippen molar-refractivity contribution in [2.45, 2.75) is 26.4 Å². The third kappa shape index (κ3) is 4.45. The van der Waals surface area contributed by atoms with E-state index in [4.69, 9.17) is 19.2 Å². The summed E-state index contributed by atoms with van der Waals surface area (Å²) in [6, 6.07) is 8.71. The molecule has 4 heterocycles. The van der Waals surface area contributed by atoms with Crippen molar-refractivity contribution in [3.8, 4) is 22.2 Å². The van der Waals surface area contributed by atoms with E-state index in [1.165, 1.54) is 17.4 Å². The standard InChI is InChI=1S/C27H22FN5O4S/c1-13-6-17(23-20(7-13)32-22(35-3)11-30-23)26-33-21-10-19(28)24-18(25(21)38-26)9-16(37-24)12-36-27(34)31-15-4-5-29-14(2)8-15/h4-8,10-11,16H,9,12H2,1-3H3,(H,29,31,34). The molecule has 1 aliphatic heterocycles. The van der Waals surface area contributed by atoms with Gasteiger partial charge in [0.1, 0.15) is 17.7 Å². The highest BCUT2D eigenvalue weighted by atomic mass is 32.1. The van der Waals surface area contributed by atoms with Crippen LogP contribution < -0.4 is 14.8 Å². The molecule has 0 bridgehead atoms. The Morgan fingerprint density at radius 1 is 1.18 bits per heavy atom. The molecule has 5 aromatic rings. The van der Waals surface area contributed by atoms with Gasteiger partial charge < -0.3 is 14.2 Å². The van der Waals surface area contributed by atoms with Crippen molar-refractivity contribution >= 4 is 44.4 Å². The first-order valence-electron chi connectivity index (χ1n) is 11.8. The molecule has 3 aromatic heterocycles. The highest BCUT2D eigenvalue weighted by Crippen LogP contribution is 2.43. The lowest BCUT2D eigenvalue weighted by atomic mass is 10.1. The number of fused-ring (bicyclic) bond motifs is 4. The zero-order chi connectivity index (χ0) is 26.4. The first kappa shape index (κ1) is 24.0. The van der Waals surface area contributed by atoms with Crippen molar-refractivity contribution in [1.82, 2.24) is 19.9 Å². The van der Waals surface area contributed by atoms with Gasteiger partial charge in [-0.1, -0.05) is 0 Å². The van der Waals surface area contributed by atoms with E-state index in [9.17, 15) is 4.79 Å². The van der Waals surface area contributed by atoms with Crippen molar-refractivity contribution in [3.05, 3.63) is 65.4 Å². The molecule has 0 spiro atoms. The van der Waals surface area contributed by atoms with Crippen LogP contribution in [0.15, 0.2) is 42.7 Å². The number of pyridine rings is 1. The highest BCUT2D eigenvalue weighted by molar-refractivity contribution is 7.22. The van der Waals surface area contributed by atoms with Gasteiger partial charge in [-0.3, -0.25) is 10.3 Å². The van der Waals surface area contributed by atoms with Crippen LogP contribution in [-0.2, 0) is 11.2 Å². The van der Waals surface area contributed by atoms with Gasteiger partial charge in [0.15, 0.2) is 11.6 Å². The summed E-state index contributed by atoms with van der Waals surface area (Å²) in [7, 11) is 1.55. The Labute approximate surface area is 220 Å². The minimum Gasteiger partial charge on any atom is -0.483 e. The molecule has 2 aromatic carbocycles. The molecule has 0 saturated heterocycles. The second-order valence-electron chi connectivity index (χ2n) is 8.98. The lowest BCUT2D eigenvalue weighted by molar-refractivity contribution is 0.100. The van der Waals surface area contributed by atoms with Gasteiger partial charge in [-0.15, -0.1) is 11.3 Å². The van der Waals surface area contributed by atoms with Crippen molar-refractivity contribution < 1.29 is 23.4 Å². The zero-order valence-electron chi connectivity index (χ0n) is 20.7. The number of amides is 1. The average molecular weight is 532 g/mol. The van der Waals surface area contributed by atoms with Crippen molar-refractivity contribution in [2.24, 2.45) is 0 Å². The lowest BCUT2D eigenvalue weighted by Crippen LogP contribution is -2.25. The Kier molecular flexibility index (Phi) is 5.99. The van der Waals surface area contributed by atoms with E-state index in [-0.39, 0.29) is 12.4 Å². The topological polar surface area (TPSA) is 108 Å². The van der Waals surface area contributed by atoms with Gasteiger partial charge in [0.05, 0.1) is 34.6 Å². The van der Waals surface area contributed by atoms with Gasteiger partial charge in [0.2, 0.25) is 5.88 Å². The van der Waals surface area contributed by atoms with E-state index < -0.39 is 18.0 Å². The second kappa shape index (κ2) is 9.49. The maximum Gasteiger partial charge on any atom is 0.411 e. The van der Waals surface area contributed by atoms with Crippen LogP contribution in [0.2, 0.25) is 0 Å². The first-order valence-corrected chi connectivity index (χ1v) is 12.7. The molecular weight excluding hydrogens is 509 g/mol. The number of ether oxygens (including phenoxy) is 3. The molecule has 9 nitrogen and oxygen atoms in total. The molecule has 192 valence electrons. The molecule has 1 unspecified atom stereocenters. The third-order valence-electron chi connectivity index (χ3n) is 6.15. The van der Waals surface area contributed by atoms with E-state index in [2.05, 4.69) is 20.3 Å².